The van der Waals surface area contributed by atoms with E-state index in [2.05, 4.69) is 10.1 Å². The van der Waals surface area contributed by atoms with E-state index in [4.69, 9.17) is 0 Å². The van der Waals surface area contributed by atoms with Crippen LogP contribution in [0.25, 0.3) is 11.4 Å². The second kappa shape index (κ2) is 6.52. The Hall–Kier alpha value is -2.54. The number of carbonyl (C=O) groups excluding carboxylic acids is 1. The zero-order chi connectivity index (χ0) is 17.3. The normalized spacial score (nSPS) is 10.8. The molecule has 0 saturated carbocycles. The summed E-state index contributed by atoms with van der Waals surface area (Å²) in [5, 5.41) is 5.98. The van der Waals surface area contributed by atoms with Gasteiger partial charge >= 0.3 is 0 Å². The number of carbonyl (C=O) groups is 1. The highest BCUT2D eigenvalue weighted by Gasteiger charge is 2.17. The highest BCUT2D eigenvalue weighted by atomic mass is 32.1. The predicted molar refractivity (Wildman–Crippen MR) is 91.3 cm³/mol. The van der Waals surface area contributed by atoms with Crippen LogP contribution < -0.4 is 0 Å². The van der Waals surface area contributed by atoms with Gasteiger partial charge in [0, 0.05) is 30.1 Å². The predicted octanol–water partition coefficient (Wildman–Crippen LogP) is 3.26. The molecule has 0 aliphatic heterocycles. The minimum absolute atomic E-state index is 0.231. The molecule has 3 rings (SSSR count). The number of amides is 1. The lowest BCUT2D eigenvalue weighted by Gasteiger charge is -2.17. The smallest absolute Gasteiger partial charge is 0.254 e. The van der Waals surface area contributed by atoms with Crippen LogP contribution >= 0.6 is 11.3 Å². The topological polar surface area (TPSA) is 51.0 Å². The number of thiophene rings is 1. The molecule has 0 bridgehead atoms. The van der Waals surface area contributed by atoms with Gasteiger partial charge in [0.2, 0.25) is 0 Å². The number of halogens is 1. The van der Waals surface area contributed by atoms with E-state index in [0.29, 0.717) is 23.5 Å². The van der Waals surface area contributed by atoms with Gasteiger partial charge in [-0.25, -0.2) is 14.1 Å². The average Bonchev–Trinajstić information content (AvgIpc) is 3.14. The molecule has 0 radical (unpaired) electrons. The van der Waals surface area contributed by atoms with Crippen molar-refractivity contribution in [2.75, 3.05) is 7.05 Å². The van der Waals surface area contributed by atoms with E-state index in [9.17, 15) is 9.18 Å². The summed E-state index contributed by atoms with van der Waals surface area (Å²) in [5.41, 5.74) is 1.97. The van der Waals surface area contributed by atoms with Gasteiger partial charge < -0.3 is 4.90 Å². The van der Waals surface area contributed by atoms with Crippen molar-refractivity contribution >= 4 is 17.2 Å². The first-order valence-corrected chi connectivity index (χ1v) is 8.27. The Bertz CT molecular complexity index is 886. The molecule has 0 fully saturated rings. The van der Waals surface area contributed by atoms with Crippen LogP contribution in [0.5, 0.6) is 0 Å². The van der Waals surface area contributed by atoms with E-state index in [1.807, 2.05) is 18.4 Å². The van der Waals surface area contributed by atoms with Crippen LogP contribution in [0.2, 0.25) is 0 Å². The molecule has 0 aliphatic carbocycles. The van der Waals surface area contributed by atoms with Gasteiger partial charge in [-0.2, -0.15) is 5.10 Å². The number of hydrogen-bond acceptors (Lipinski definition) is 4. The molecule has 2 aromatic heterocycles. The van der Waals surface area contributed by atoms with Crippen molar-refractivity contribution in [2.45, 2.75) is 13.5 Å². The zero-order valence-corrected chi connectivity index (χ0v) is 14.5. The average molecular weight is 344 g/mol. The lowest BCUT2D eigenvalue weighted by atomic mass is 10.1. The Morgan fingerprint density at radius 3 is 2.79 bits per heavy atom. The van der Waals surface area contributed by atoms with E-state index in [0.717, 1.165) is 10.4 Å². The quantitative estimate of drug-likeness (QED) is 0.730. The third kappa shape index (κ3) is 3.21. The third-order valence-corrected chi connectivity index (χ3v) is 4.82. The van der Waals surface area contributed by atoms with Gasteiger partial charge in [-0.3, -0.25) is 4.79 Å². The minimum atomic E-state index is -0.473. The van der Waals surface area contributed by atoms with Gasteiger partial charge in [0.25, 0.3) is 5.91 Å². The molecular formula is C17H17FN4OS. The fraction of sp³-hybridized carbons (Fsp3) is 0.235. The van der Waals surface area contributed by atoms with E-state index < -0.39 is 5.82 Å². The van der Waals surface area contributed by atoms with Gasteiger partial charge in [-0.05, 0) is 42.1 Å². The SMILES string of the molecule is Cc1ccsc1CN(C)C(=O)c1cc(F)cc(-c2ncnn2C)c1. The minimum Gasteiger partial charge on any atom is -0.337 e. The number of hydrogen-bond donors (Lipinski definition) is 0. The molecule has 0 unspecified atom stereocenters. The monoisotopic (exact) mass is 344 g/mol. The van der Waals surface area contributed by atoms with Crippen molar-refractivity contribution in [3.05, 3.63) is 57.8 Å². The van der Waals surface area contributed by atoms with Crippen LogP contribution in [-0.2, 0) is 13.6 Å². The Morgan fingerprint density at radius 1 is 1.38 bits per heavy atom. The number of rotatable bonds is 4. The first-order valence-electron chi connectivity index (χ1n) is 7.39. The standard InChI is InChI=1S/C17H17FN4OS/c1-11-4-5-24-15(11)9-21(2)17(23)13-6-12(7-14(18)8-13)16-19-10-20-22(16)3/h4-8,10H,9H2,1-3H3. The summed E-state index contributed by atoms with van der Waals surface area (Å²) < 4.78 is 15.5. The van der Waals surface area contributed by atoms with Crippen molar-refractivity contribution in [1.29, 1.82) is 0 Å². The Kier molecular flexibility index (Phi) is 4.44. The number of benzene rings is 1. The Morgan fingerprint density at radius 2 is 2.17 bits per heavy atom. The molecule has 5 nitrogen and oxygen atoms in total. The summed E-state index contributed by atoms with van der Waals surface area (Å²) in [4.78, 5) is 19.5. The first kappa shape index (κ1) is 16.3. The van der Waals surface area contributed by atoms with Crippen LogP contribution in [0.3, 0.4) is 0 Å². The fourth-order valence-corrected chi connectivity index (χ4v) is 3.43. The molecule has 2 heterocycles. The molecule has 0 saturated heterocycles. The molecule has 1 amide bonds. The van der Waals surface area contributed by atoms with Gasteiger partial charge in [0.05, 0.1) is 6.54 Å². The molecule has 1 aromatic carbocycles. The van der Waals surface area contributed by atoms with E-state index in [1.54, 1.807) is 41.1 Å². The molecule has 24 heavy (non-hydrogen) atoms. The first-order chi connectivity index (χ1) is 11.5. The van der Waals surface area contributed by atoms with Gasteiger partial charge in [-0.15, -0.1) is 11.3 Å². The Labute approximate surface area is 143 Å². The van der Waals surface area contributed by atoms with Crippen LogP contribution in [0, 0.1) is 12.7 Å². The molecule has 7 heteroatoms. The van der Waals surface area contributed by atoms with Crippen molar-refractivity contribution in [3.63, 3.8) is 0 Å². The number of nitrogens with zero attached hydrogens (tertiary/aromatic N) is 4. The maximum absolute atomic E-state index is 14.0. The van der Waals surface area contributed by atoms with Crippen LogP contribution in [0.15, 0.2) is 36.0 Å². The summed E-state index contributed by atoms with van der Waals surface area (Å²) in [6, 6.07) is 6.27. The van der Waals surface area contributed by atoms with E-state index in [1.165, 1.54) is 18.5 Å². The summed E-state index contributed by atoms with van der Waals surface area (Å²) in [6.07, 6.45) is 1.40. The van der Waals surface area contributed by atoms with Gasteiger partial charge in [0.15, 0.2) is 5.82 Å². The molecule has 0 N–H and O–H groups in total. The summed E-state index contributed by atoms with van der Waals surface area (Å²) >= 11 is 1.61. The van der Waals surface area contributed by atoms with Gasteiger partial charge in [0.1, 0.15) is 12.1 Å². The summed E-state index contributed by atoms with van der Waals surface area (Å²) in [6.45, 7) is 2.51. The van der Waals surface area contributed by atoms with Crippen molar-refractivity contribution in [3.8, 4) is 11.4 Å². The number of aromatic nitrogens is 3. The molecular weight excluding hydrogens is 327 g/mol. The van der Waals surface area contributed by atoms with Crippen LogP contribution in [0.1, 0.15) is 20.8 Å². The lowest BCUT2D eigenvalue weighted by molar-refractivity contribution is 0.0786. The third-order valence-electron chi connectivity index (χ3n) is 3.81. The van der Waals surface area contributed by atoms with E-state index >= 15 is 0 Å². The zero-order valence-electron chi connectivity index (χ0n) is 13.7. The summed E-state index contributed by atoms with van der Waals surface area (Å²) in [7, 11) is 3.44. The van der Waals surface area contributed by atoms with Gasteiger partial charge in [-0.1, -0.05) is 0 Å². The molecule has 0 spiro atoms. The fourth-order valence-electron chi connectivity index (χ4n) is 2.47. The van der Waals surface area contributed by atoms with Crippen molar-refractivity contribution in [1.82, 2.24) is 19.7 Å². The molecule has 124 valence electrons. The second-order valence-corrected chi connectivity index (χ2v) is 6.62. The van der Waals surface area contributed by atoms with Crippen molar-refractivity contribution in [2.24, 2.45) is 7.05 Å². The lowest BCUT2D eigenvalue weighted by Crippen LogP contribution is -2.26. The largest absolute Gasteiger partial charge is 0.337 e. The van der Waals surface area contributed by atoms with Crippen molar-refractivity contribution < 1.29 is 9.18 Å². The number of aryl methyl sites for hydroxylation is 2. The van der Waals surface area contributed by atoms with Crippen LogP contribution in [-0.4, -0.2) is 32.6 Å². The molecule has 3 aromatic rings. The summed E-state index contributed by atoms with van der Waals surface area (Å²) in [5.74, 6) is -0.189. The maximum atomic E-state index is 14.0. The Balaban J connectivity index is 1.88. The maximum Gasteiger partial charge on any atom is 0.254 e. The van der Waals surface area contributed by atoms with Crippen LogP contribution in [0.4, 0.5) is 4.39 Å². The highest BCUT2D eigenvalue weighted by Crippen LogP contribution is 2.22. The molecule has 0 aliphatic rings. The molecule has 0 atom stereocenters. The van der Waals surface area contributed by atoms with E-state index in [-0.39, 0.29) is 5.91 Å². The highest BCUT2D eigenvalue weighted by molar-refractivity contribution is 7.10. The second-order valence-electron chi connectivity index (χ2n) is 5.62.